The summed E-state index contributed by atoms with van der Waals surface area (Å²) in [5.41, 5.74) is 10.8. The number of nitriles is 1. The van der Waals surface area contributed by atoms with Crippen molar-refractivity contribution in [3.05, 3.63) is 41.1 Å². The van der Waals surface area contributed by atoms with Gasteiger partial charge in [-0.2, -0.15) is 5.26 Å². The Kier molecular flexibility index (Phi) is 6.70. The molecule has 0 saturated heterocycles. The summed E-state index contributed by atoms with van der Waals surface area (Å²) < 4.78 is 5.60. The lowest BCUT2D eigenvalue weighted by atomic mass is 9.88. The van der Waals surface area contributed by atoms with Crippen LogP contribution in [0.3, 0.4) is 0 Å². The fraction of sp³-hybridized carbons (Fsp3) is 0.478. The van der Waals surface area contributed by atoms with Crippen LogP contribution in [0.1, 0.15) is 68.2 Å². The Bertz CT molecular complexity index is 823. The highest BCUT2D eigenvalue weighted by Gasteiger charge is 2.22. The number of nitrogen functional groups attached to an aromatic ring is 1. The lowest BCUT2D eigenvalue weighted by Crippen LogP contribution is -2.09. The van der Waals surface area contributed by atoms with Crippen molar-refractivity contribution in [1.82, 2.24) is 4.98 Å². The average molecular weight is 364 g/mol. The van der Waals surface area contributed by atoms with Crippen molar-refractivity contribution in [2.75, 3.05) is 12.8 Å². The number of benzene rings is 1. The van der Waals surface area contributed by atoms with Gasteiger partial charge < -0.3 is 10.5 Å². The number of para-hydroxylation sites is 1. The predicted molar refractivity (Wildman–Crippen MR) is 110 cm³/mol. The SMILES string of the molecule is COc1ccccc1-c1c(C#N)c(N)nc2c1CCCCCCCCCC2. The van der Waals surface area contributed by atoms with Crippen molar-refractivity contribution in [2.45, 2.75) is 64.2 Å². The number of nitrogens with zero attached hydrogens (tertiary/aromatic N) is 2. The molecule has 1 aromatic heterocycles. The highest BCUT2D eigenvalue weighted by molar-refractivity contribution is 5.82. The maximum atomic E-state index is 9.82. The third kappa shape index (κ3) is 4.42. The molecule has 0 fully saturated rings. The van der Waals surface area contributed by atoms with Crippen molar-refractivity contribution >= 4 is 5.82 Å². The molecule has 4 nitrogen and oxygen atoms in total. The first-order chi connectivity index (χ1) is 13.3. The van der Waals surface area contributed by atoms with Crippen LogP contribution in [0.4, 0.5) is 5.82 Å². The van der Waals surface area contributed by atoms with Gasteiger partial charge in [0.05, 0.1) is 7.11 Å². The van der Waals surface area contributed by atoms with E-state index in [9.17, 15) is 5.26 Å². The van der Waals surface area contributed by atoms with Crippen molar-refractivity contribution in [1.29, 1.82) is 5.26 Å². The molecule has 0 bridgehead atoms. The van der Waals surface area contributed by atoms with Crippen LogP contribution in [0.5, 0.6) is 5.75 Å². The number of anilines is 1. The Morgan fingerprint density at radius 1 is 0.963 bits per heavy atom. The maximum Gasteiger partial charge on any atom is 0.142 e. The smallest absolute Gasteiger partial charge is 0.142 e. The van der Waals surface area contributed by atoms with E-state index in [-0.39, 0.29) is 0 Å². The van der Waals surface area contributed by atoms with Crippen molar-refractivity contribution in [3.8, 4) is 22.9 Å². The van der Waals surface area contributed by atoms with Crippen LogP contribution >= 0.6 is 0 Å². The van der Waals surface area contributed by atoms with Crippen LogP contribution < -0.4 is 10.5 Å². The Morgan fingerprint density at radius 3 is 2.26 bits per heavy atom. The van der Waals surface area contributed by atoms with Gasteiger partial charge in [-0.3, -0.25) is 0 Å². The Morgan fingerprint density at radius 2 is 1.59 bits per heavy atom. The molecule has 142 valence electrons. The molecule has 1 aliphatic rings. The number of aromatic nitrogens is 1. The fourth-order valence-corrected chi connectivity index (χ4v) is 4.08. The zero-order chi connectivity index (χ0) is 19.1. The van der Waals surface area contributed by atoms with Crippen LogP contribution in [-0.4, -0.2) is 12.1 Å². The summed E-state index contributed by atoms with van der Waals surface area (Å²) in [6, 6.07) is 10.2. The van der Waals surface area contributed by atoms with Gasteiger partial charge in [0.1, 0.15) is 23.2 Å². The van der Waals surface area contributed by atoms with Gasteiger partial charge in [-0.25, -0.2) is 4.98 Å². The molecule has 0 amide bonds. The van der Waals surface area contributed by atoms with E-state index in [0.29, 0.717) is 11.4 Å². The van der Waals surface area contributed by atoms with E-state index in [0.717, 1.165) is 48.3 Å². The van der Waals surface area contributed by atoms with E-state index >= 15 is 0 Å². The molecule has 0 atom stereocenters. The Balaban J connectivity index is 2.16. The number of methoxy groups -OCH3 is 1. The summed E-state index contributed by atoms with van der Waals surface area (Å²) in [4.78, 5) is 4.67. The van der Waals surface area contributed by atoms with Gasteiger partial charge in [0.15, 0.2) is 0 Å². The largest absolute Gasteiger partial charge is 0.496 e. The molecular weight excluding hydrogens is 334 g/mol. The molecule has 4 heteroatoms. The van der Waals surface area contributed by atoms with Crippen LogP contribution in [0.15, 0.2) is 24.3 Å². The molecule has 1 aromatic carbocycles. The number of aryl methyl sites for hydroxylation is 1. The van der Waals surface area contributed by atoms with Crippen LogP contribution in [0.2, 0.25) is 0 Å². The minimum atomic E-state index is 0.337. The highest BCUT2D eigenvalue weighted by Crippen LogP contribution is 2.38. The molecule has 3 rings (SSSR count). The average Bonchev–Trinajstić information content (AvgIpc) is 2.68. The van der Waals surface area contributed by atoms with Crippen LogP contribution in [0.25, 0.3) is 11.1 Å². The normalized spacial score (nSPS) is 15.7. The molecule has 0 aliphatic heterocycles. The number of nitrogens with two attached hydrogens (primary N) is 1. The van der Waals surface area contributed by atoms with Crippen molar-refractivity contribution in [3.63, 3.8) is 0 Å². The summed E-state index contributed by atoms with van der Waals surface area (Å²) in [5.74, 6) is 1.11. The summed E-state index contributed by atoms with van der Waals surface area (Å²) in [6.45, 7) is 0. The molecule has 0 radical (unpaired) electrons. The van der Waals surface area contributed by atoms with E-state index in [1.807, 2.05) is 24.3 Å². The first-order valence-electron chi connectivity index (χ1n) is 10.1. The second-order valence-corrected chi connectivity index (χ2v) is 7.31. The third-order valence-electron chi connectivity index (χ3n) is 5.49. The lowest BCUT2D eigenvalue weighted by Gasteiger charge is -2.20. The molecule has 27 heavy (non-hydrogen) atoms. The van der Waals surface area contributed by atoms with Gasteiger partial charge in [-0.05, 0) is 37.3 Å². The third-order valence-corrected chi connectivity index (χ3v) is 5.49. The van der Waals surface area contributed by atoms with Gasteiger partial charge in [-0.15, -0.1) is 0 Å². The summed E-state index contributed by atoms with van der Waals surface area (Å²) in [5, 5.41) is 9.82. The van der Waals surface area contributed by atoms with Gasteiger partial charge in [0.2, 0.25) is 0 Å². The molecular formula is C23H29N3O. The minimum absolute atomic E-state index is 0.337. The first kappa shape index (κ1) is 19.2. The lowest BCUT2D eigenvalue weighted by molar-refractivity contribution is 0.416. The highest BCUT2D eigenvalue weighted by atomic mass is 16.5. The molecule has 2 aromatic rings. The number of pyridine rings is 1. The van der Waals surface area contributed by atoms with E-state index in [1.165, 1.54) is 44.1 Å². The van der Waals surface area contributed by atoms with Gasteiger partial charge in [0, 0.05) is 16.8 Å². The molecule has 0 unspecified atom stereocenters. The van der Waals surface area contributed by atoms with Gasteiger partial charge >= 0.3 is 0 Å². The van der Waals surface area contributed by atoms with Crippen LogP contribution in [-0.2, 0) is 12.8 Å². The molecule has 0 saturated carbocycles. The molecule has 1 heterocycles. The number of rotatable bonds is 2. The molecule has 0 spiro atoms. The monoisotopic (exact) mass is 363 g/mol. The first-order valence-corrected chi connectivity index (χ1v) is 10.1. The summed E-state index contributed by atoms with van der Waals surface area (Å²) in [7, 11) is 1.67. The second kappa shape index (κ2) is 9.41. The second-order valence-electron chi connectivity index (χ2n) is 7.31. The number of hydrogen-bond acceptors (Lipinski definition) is 4. The minimum Gasteiger partial charge on any atom is -0.496 e. The Labute approximate surface area is 162 Å². The molecule has 1 aliphatic carbocycles. The zero-order valence-electron chi connectivity index (χ0n) is 16.3. The van der Waals surface area contributed by atoms with Crippen molar-refractivity contribution < 1.29 is 4.74 Å². The maximum absolute atomic E-state index is 9.82. The van der Waals surface area contributed by atoms with Crippen molar-refractivity contribution in [2.24, 2.45) is 0 Å². The van der Waals surface area contributed by atoms with Gasteiger partial charge in [0.25, 0.3) is 0 Å². The fourth-order valence-electron chi connectivity index (χ4n) is 4.08. The predicted octanol–water partition coefficient (Wildman–Crippen LogP) is 5.43. The summed E-state index contributed by atoms with van der Waals surface area (Å²) >= 11 is 0. The zero-order valence-corrected chi connectivity index (χ0v) is 16.3. The van der Waals surface area contributed by atoms with Gasteiger partial charge in [-0.1, -0.05) is 56.7 Å². The number of fused-ring (bicyclic) bond motifs is 1. The standard InChI is InChI=1S/C23H29N3O/c1-27-21-15-11-10-13-18(21)22-17-12-8-6-4-2-3-5-7-9-14-20(17)26-23(25)19(22)16-24/h10-11,13,15H,2-9,12,14H2,1H3,(H2,25,26). The number of ether oxygens (including phenoxy) is 1. The van der Waals surface area contributed by atoms with E-state index in [4.69, 9.17) is 10.5 Å². The van der Waals surface area contributed by atoms with E-state index < -0.39 is 0 Å². The number of hydrogen-bond donors (Lipinski definition) is 1. The topological polar surface area (TPSA) is 71.9 Å². The summed E-state index contributed by atoms with van der Waals surface area (Å²) in [6.07, 6.45) is 11.8. The quantitative estimate of drug-likeness (QED) is 0.772. The molecule has 2 N–H and O–H groups in total. The van der Waals surface area contributed by atoms with E-state index in [1.54, 1.807) is 7.11 Å². The van der Waals surface area contributed by atoms with E-state index in [2.05, 4.69) is 11.1 Å². The Hall–Kier alpha value is -2.54. The van der Waals surface area contributed by atoms with Crippen LogP contribution in [0, 0.1) is 11.3 Å².